The van der Waals surface area contributed by atoms with E-state index in [2.05, 4.69) is 19.4 Å². The van der Waals surface area contributed by atoms with Gasteiger partial charge in [0.15, 0.2) is 30.5 Å². The standard InChI is InChI=1S/C22H18F6N2O4/c1-13-3-2-8-29-19(13)16(31)6-5-15-10-32-20(30-15)14-4-7-17(33-11-21(23,24)25)18(9-14)34-12-22(26,27)28/h2-4,7-10H,5-6,11-12H2,1H3. The second kappa shape index (κ2) is 10.1. The molecule has 0 fully saturated rings. The van der Waals surface area contributed by atoms with E-state index >= 15 is 0 Å². The Hall–Kier alpha value is -3.57. The number of halogens is 6. The van der Waals surface area contributed by atoms with Gasteiger partial charge in [-0.1, -0.05) is 6.07 Å². The third-order valence-electron chi connectivity index (χ3n) is 4.41. The number of aryl methyl sites for hydroxylation is 2. The average molecular weight is 488 g/mol. The predicted octanol–water partition coefficient (Wildman–Crippen LogP) is 5.74. The molecule has 3 aromatic rings. The van der Waals surface area contributed by atoms with Gasteiger partial charge < -0.3 is 13.9 Å². The van der Waals surface area contributed by atoms with Crippen molar-refractivity contribution in [3.8, 4) is 23.0 Å². The van der Waals surface area contributed by atoms with Crippen molar-refractivity contribution in [1.29, 1.82) is 0 Å². The van der Waals surface area contributed by atoms with Crippen LogP contribution in [0.25, 0.3) is 11.5 Å². The Morgan fingerprint density at radius 3 is 2.32 bits per heavy atom. The number of ketones is 1. The highest BCUT2D eigenvalue weighted by atomic mass is 19.4. The van der Waals surface area contributed by atoms with Crippen LogP contribution in [0.15, 0.2) is 47.2 Å². The molecule has 0 saturated carbocycles. The third kappa shape index (κ3) is 7.22. The maximum absolute atomic E-state index is 12.6. The second-order valence-electron chi connectivity index (χ2n) is 7.21. The largest absolute Gasteiger partial charge is 0.480 e. The third-order valence-corrected chi connectivity index (χ3v) is 4.41. The summed E-state index contributed by atoms with van der Waals surface area (Å²) in [7, 11) is 0. The molecular formula is C22H18F6N2O4. The van der Waals surface area contributed by atoms with E-state index in [0.29, 0.717) is 11.4 Å². The number of hydrogen-bond acceptors (Lipinski definition) is 6. The molecule has 1 aromatic carbocycles. The molecule has 0 aliphatic carbocycles. The van der Waals surface area contributed by atoms with Gasteiger partial charge in [0.05, 0.1) is 5.69 Å². The van der Waals surface area contributed by atoms with E-state index in [1.807, 2.05) is 0 Å². The fourth-order valence-electron chi connectivity index (χ4n) is 2.88. The van der Waals surface area contributed by atoms with Crippen LogP contribution in [0.1, 0.15) is 28.2 Å². The van der Waals surface area contributed by atoms with E-state index in [1.54, 1.807) is 19.1 Å². The fourth-order valence-corrected chi connectivity index (χ4v) is 2.88. The summed E-state index contributed by atoms with van der Waals surface area (Å²) < 4.78 is 89.6. The quantitative estimate of drug-likeness (QED) is 0.282. The van der Waals surface area contributed by atoms with E-state index in [0.717, 1.165) is 17.7 Å². The number of aromatic nitrogens is 2. The van der Waals surface area contributed by atoms with Gasteiger partial charge in [0.2, 0.25) is 5.89 Å². The smallest absolute Gasteiger partial charge is 0.422 e. The number of ether oxygens (including phenoxy) is 2. The Balaban J connectivity index is 1.74. The molecule has 0 bridgehead atoms. The van der Waals surface area contributed by atoms with Crippen molar-refractivity contribution in [1.82, 2.24) is 9.97 Å². The summed E-state index contributed by atoms with van der Waals surface area (Å²) in [5.41, 5.74) is 1.61. The van der Waals surface area contributed by atoms with Gasteiger partial charge in [-0.3, -0.25) is 9.78 Å². The lowest BCUT2D eigenvalue weighted by Gasteiger charge is -2.15. The molecule has 3 rings (SSSR count). The van der Waals surface area contributed by atoms with Gasteiger partial charge in [-0.05, 0) is 36.8 Å². The first-order valence-corrected chi connectivity index (χ1v) is 9.84. The van der Waals surface area contributed by atoms with Crippen molar-refractivity contribution in [3.63, 3.8) is 0 Å². The highest BCUT2D eigenvalue weighted by Crippen LogP contribution is 2.34. The van der Waals surface area contributed by atoms with Crippen LogP contribution in [-0.2, 0) is 6.42 Å². The molecule has 182 valence electrons. The number of alkyl halides is 6. The van der Waals surface area contributed by atoms with Crippen molar-refractivity contribution in [3.05, 3.63) is 59.7 Å². The Labute approximate surface area is 189 Å². The Morgan fingerprint density at radius 1 is 1.00 bits per heavy atom. The molecule has 12 heteroatoms. The molecule has 0 aliphatic heterocycles. The summed E-state index contributed by atoms with van der Waals surface area (Å²) in [4.78, 5) is 20.6. The van der Waals surface area contributed by atoms with E-state index in [9.17, 15) is 31.1 Å². The predicted molar refractivity (Wildman–Crippen MR) is 107 cm³/mol. The molecule has 34 heavy (non-hydrogen) atoms. The van der Waals surface area contributed by atoms with Gasteiger partial charge >= 0.3 is 12.4 Å². The molecule has 0 spiro atoms. The Bertz CT molecular complexity index is 1140. The SMILES string of the molecule is Cc1cccnc1C(=O)CCc1coc(-c2ccc(OCC(F)(F)F)c(OCC(F)(F)F)c2)n1. The zero-order chi connectivity index (χ0) is 24.9. The minimum Gasteiger partial charge on any atom is -0.480 e. The van der Waals surface area contributed by atoms with Gasteiger partial charge in [-0.2, -0.15) is 26.3 Å². The number of hydrogen-bond donors (Lipinski definition) is 0. The first-order chi connectivity index (χ1) is 15.9. The van der Waals surface area contributed by atoms with Crippen LogP contribution in [0.4, 0.5) is 26.3 Å². The summed E-state index contributed by atoms with van der Waals surface area (Å²) in [5, 5.41) is 0. The number of carbonyl (C=O) groups excluding carboxylic acids is 1. The molecule has 0 unspecified atom stereocenters. The first kappa shape index (κ1) is 25.1. The van der Waals surface area contributed by atoms with Crippen LogP contribution in [0.2, 0.25) is 0 Å². The van der Waals surface area contributed by atoms with Crippen LogP contribution in [0, 0.1) is 6.92 Å². The summed E-state index contributed by atoms with van der Waals surface area (Å²) in [6.45, 7) is -1.68. The fraction of sp³-hybridized carbons (Fsp3) is 0.318. The minimum atomic E-state index is -4.72. The molecule has 0 radical (unpaired) electrons. The zero-order valence-electron chi connectivity index (χ0n) is 17.7. The number of benzene rings is 1. The van der Waals surface area contributed by atoms with Crippen molar-refractivity contribution in [2.24, 2.45) is 0 Å². The highest BCUT2D eigenvalue weighted by molar-refractivity contribution is 5.95. The second-order valence-corrected chi connectivity index (χ2v) is 7.21. The van der Waals surface area contributed by atoms with Crippen LogP contribution < -0.4 is 9.47 Å². The number of nitrogens with zero attached hydrogens (tertiary/aromatic N) is 2. The molecule has 6 nitrogen and oxygen atoms in total. The Kier molecular flexibility index (Phi) is 7.48. The molecule has 2 aromatic heterocycles. The van der Waals surface area contributed by atoms with Crippen LogP contribution in [-0.4, -0.2) is 41.3 Å². The maximum Gasteiger partial charge on any atom is 0.422 e. The molecule has 2 heterocycles. The van der Waals surface area contributed by atoms with Gasteiger partial charge in [0.25, 0.3) is 0 Å². The molecular weight excluding hydrogens is 470 g/mol. The van der Waals surface area contributed by atoms with Crippen LogP contribution >= 0.6 is 0 Å². The van der Waals surface area contributed by atoms with E-state index in [1.165, 1.54) is 18.5 Å². The van der Waals surface area contributed by atoms with Crippen molar-refractivity contribution >= 4 is 5.78 Å². The lowest BCUT2D eigenvalue weighted by molar-refractivity contribution is -0.158. The average Bonchev–Trinajstić information content (AvgIpc) is 3.23. The molecule has 0 N–H and O–H groups in total. The van der Waals surface area contributed by atoms with E-state index in [4.69, 9.17) is 4.42 Å². The summed E-state index contributed by atoms with van der Waals surface area (Å²) in [5.74, 6) is -1.29. The number of pyridine rings is 1. The normalized spacial score (nSPS) is 12.0. The number of rotatable bonds is 9. The molecule has 0 aliphatic rings. The lowest BCUT2D eigenvalue weighted by Crippen LogP contribution is -2.21. The first-order valence-electron chi connectivity index (χ1n) is 9.84. The van der Waals surface area contributed by atoms with Crippen LogP contribution in [0.3, 0.4) is 0 Å². The molecule has 0 amide bonds. The van der Waals surface area contributed by atoms with Crippen LogP contribution in [0.5, 0.6) is 11.5 Å². The summed E-state index contributed by atoms with van der Waals surface area (Å²) in [6.07, 6.45) is -6.32. The number of oxazole rings is 1. The van der Waals surface area contributed by atoms with Crippen molar-refractivity contribution in [2.75, 3.05) is 13.2 Å². The summed E-state index contributed by atoms with van der Waals surface area (Å²) in [6, 6.07) is 6.81. The zero-order valence-corrected chi connectivity index (χ0v) is 17.7. The van der Waals surface area contributed by atoms with Gasteiger partial charge in [-0.15, -0.1) is 0 Å². The van der Waals surface area contributed by atoms with Gasteiger partial charge in [0.1, 0.15) is 12.0 Å². The minimum absolute atomic E-state index is 0.0179. The number of carbonyl (C=O) groups is 1. The molecule has 0 saturated heterocycles. The van der Waals surface area contributed by atoms with Crippen molar-refractivity contribution < 1.29 is 45.0 Å². The lowest BCUT2D eigenvalue weighted by atomic mass is 10.1. The van der Waals surface area contributed by atoms with Crippen molar-refractivity contribution in [2.45, 2.75) is 32.1 Å². The summed E-state index contributed by atoms with van der Waals surface area (Å²) >= 11 is 0. The topological polar surface area (TPSA) is 74.5 Å². The van der Waals surface area contributed by atoms with Gasteiger partial charge in [-0.25, -0.2) is 4.98 Å². The van der Waals surface area contributed by atoms with E-state index < -0.39 is 37.1 Å². The van der Waals surface area contributed by atoms with E-state index in [-0.39, 0.29) is 30.1 Å². The Morgan fingerprint density at radius 2 is 1.68 bits per heavy atom. The maximum atomic E-state index is 12.6. The number of Topliss-reactive ketones (excluding diaryl/α,β-unsaturated/α-hetero) is 1. The van der Waals surface area contributed by atoms with Gasteiger partial charge in [0, 0.05) is 24.6 Å². The monoisotopic (exact) mass is 488 g/mol. The molecule has 0 atom stereocenters. The highest BCUT2D eigenvalue weighted by Gasteiger charge is 2.31.